The van der Waals surface area contributed by atoms with E-state index >= 15 is 0 Å². The van der Waals surface area contributed by atoms with Crippen molar-refractivity contribution in [1.29, 1.82) is 0 Å². The fourth-order valence-electron chi connectivity index (χ4n) is 1.83. The predicted octanol–water partition coefficient (Wildman–Crippen LogP) is 2.11. The minimum atomic E-state index is -3.47. The summed E-state index contributed by atoms with van der Waals surface area (Å²) < 4.78 is 25.9. The highest BCUT2D eigenvalue weighted by Crippen LogP contribution is 2.13. The van der Waals surface area contributed by atoms with E-state index < -0.39 is 16.0 Å². The minimum absolute atomic E-state index is 0.0865. The van der Waals surface area contributed by atoms with Gasteiger partial charge in [0.1, 0.15) is 0 Å². The average molecular weight is 297 g/mol. The second kappa shape index (κ2) is 7.21. The third kappa shape index (κ3) is 4.47. The maximum absolute atomic E-state index is 12.3. The van der Waals surface area contributed by atoms with Gasteiger partial charge in [0.25, 0.3) is 0 Å². The quantitative estimate of drug-likeness (QED) is 0.746. The topological polar surface area (TPSA) is 74.7 Å². The number of nitrogens with zero attached hydrogens (tertiary/aromatic N) is 1. The van der Waals surface area contributed by atoms with E-state index in [1.807, 2.05) is 6.92 Å². The van der Waals surface area contributed by atoms with Crippen molar-refractivity contribution in [2.75, 3.05) is 13.1 Å². The summed E-state index contributed by atoms with van der Waals surface area (Å²) in [6.45, 7) is 6.14. The largest absolute Gasteiger partial charge is 0.478 e. The van der Waals surface area contributed by atoms with Crippen molar-refractivity contribution >= 4 is 16.0 Å². The molecule has 0 aromatic heterocycles. The second-order valence-corrected chi connectivity index (χ2v) is 6.38. The normalized spacial score (nSPS) is 11.5. The molecule has 0 atom stereocenters. The number of sulfonamides is 1. The van der Waals surface area contributed by atoms with Crippen LogP contribution in [-0.4, -0.2) is 36.9 Å². The lowest BCUT2D eigenvalue weighted by atomic mass is 10.1. The van der Waals surface area contributed by atoms with Crippen LogP contribution in [0.4, 0.5) is 0 Å². The van der Waals surface area contributed by atoms with E-state index in [1.54, 1.807) is 18.2 Å². The Morgan fingerprint density at radius 2 is 2.15 bits per heavy atom. The predicted molar refractivity (Wildman–Crippen MR) is 78.1 cm³/mol. The fourth-order valence-corrected chi connectivity index (χ4v) is 3.41. The Hall–Kier alpha value is -1.66. The standard InChI is InChI=1S/C14H19NO4S/c1-3-8-15(9-4-2)20(18,19)11-12-6-5-7-13(10-12)14(16)17/h3,5-7,10H,1,4,8-9,11H2,2H3,(H,16,17). The van der Waals surface area contributed by atoms with Crippen LogP contribution in [0.2, 0.25) is 0 Å². The van der Waals surface area contributed by atoms with Crippen LogP contribution in [0.25, 0.3) is 0 Å². The van der Waals surface area contributed by atoms with Crippen LogP contribution in [0.15, 0.2) is 36.9 Å². The first-order valence-corrected chi connectivity index (χ1v) is 7.92. The lowest BCUT2D eigenvalue weighted by Gasteiger charge is -2.20. The highest BCUT2D eigenvalue weighted by atomic mass is 32.2. The lowest BCUT2D eigenvalue weighted by Crippen LogP contribution is -2.33. The average Bonchev–Trinajstić information content (AvgIpc) is 2.38. The Kier molecular flexibility index (Phi) is 5.91. The molecule has 0 aliphatic carbocycles. The van der Waals surface area contributed by atoms with E-state index in [4.69, 9.17) is 5.11 Å². The van der Waals surface area contributed by atoms with Gasteiger partial charge in [0, 0.05) is 13.1 Å². The summed E-state index contributed by atoms with van der Waals surface area (Å²) in [4.78, 5) is 10.9. The van der Waals surface area contributed by atoms with Crippen LogP contribution in [-0.2, 0) is 15.8 Å². The number of carboxylic acid groups (broad SMARTS) is 1. The Bertz CT molecular complexity index is 581. The van der Waals surface area contributed by atoms with Gasteiger partial charge in [-0.1, -0.05) is 25.1 Å². The number of rotatable bonds is 8. The smallest absolute Gasteiger partial charge is 0.335 e. The monoisotopic (exact) mass is 297 g/mol. The number of hydrogen-bond donors (Lipinski definition) is 1. The molecule has 110 valence electrons. The summed E-state index contributed by atoms with van der Waals surface area (Å²) in [5.41, 5.74) is 0.554. The molecule has 0 aliphatic rings. The van der Waals surface area contributed by atoms with E-state index in [-0.39, 0.29) is 17.9 Å². The van der Waals surface area contributed by atoms with E-state index in [9.17, 15) is 13.2 Å². The lowest BCUT2D eigenvalue weighted by molar-refractivity contribution is 0.0696. The van der Waals surface area contributed by atoms with Crippen LogP contribution in [0, 0.1) is 0 Å². The highest BCUT2D eigenvalue weighted by molar-refractivity contribution is 7.88. The maximum Gasteiger partial charge on any atom is 0.335 e. The molecule has 1 aromatic carbocycles. The van der Waals surface area contributed by atoms with Crippen LogP contribution >= 0.6 is 0 Å². The molecule has 0 fully saturated rings. The molecular weight excluding hydrogens is 278 g/mol. The second-order valence-electron chi connectivity index (χ2n) is 4.41. The number of hydrogen-bond acceptors (Lipinski definition) is 3. The molecule has 0 unspecified atom stereocenters. The van der Waals surface area contributed by atoms with Crippen molar-refractivity contribution < 1.29 is 18.3 Å². The van der Waals surface area contributed by atoms with Gasteiger partial charge < -0.3 is 5.11 Å². The van der Waals surface area contributed by atoms with Gasteiger partial charge in [0.05, 0.1) is 11.3 Å². The maximum atomic E-state index is 12.3. The van der Waals surface area contributed by atoms with Crippen molar-refractivity contribution in [2.45, 2.75) is 19.1 Å². The number of benzene rings is 1. The molecule has 0 radical (unpaired) electrons. The summed E-state index contributed by atoms with van der Waals surface area (Å²) in [5, 5.41) is 8.91. The molecule has 0 bridgehead atoms. The third-order valence-corrected chi connectivity index (χ3v) is 4.54. The summed E-state index contributed by atoms with van der Waals surface area (Å²) >= 11 is 0. The van der Waals surface area contributed by atoms with Crippen LogP contribution in [0.3, 0.4) is 0 Å². The zero-order chi connectivity index (χ0) is 15.2. The van der Waals surface area contributed by atoms with Gasteiger partial charge in [-0.15, -0.1) is 6.58 Å². The van der Waals surface area contributed by atoms with E-state index in [0.717, 1.165) is 0 Å². The Balaban J connectivity index is 2.97. The molecule has 0 spiro atoms. The highest BCUT2D eigenvalue weighted by Gasteiger charge is 2.21. The molecule has 6 heteroatoms. The SMILES string of the molecule is C=CCN(CCC)S(=O)(=O)Cc1cccc(C(=O)O)c1. The Labute approximate surface area is 119 Å². The Morgan fingerprint density at radius 3 is 2.70 bits per heavy atom. The molecule has 0 aliphatic heterocycles. The number of aromatic carboxylic acids is 1. The molecule has 1 N–H and O–H groups in total. The summed E-state index contributed by atoms with van der Waals surface area (Å²) in [5.74, 6) is -1.28. The molecule has 1 rings (SSSR count). The summed E-state index contributed by atoms with van der Waals surface area (Å²) in [6.07, 6.45) is 2.25. The van der Waals surface area contributed by atoms with Crippen LogP contribution in [0.5, 0.6) is 0 Å². The zero-order valence-electron chi connectivity index (χ0n) is 11.4. The van der Waals surface area contributed by atoms with Crippen molar-refractivity contribution in [2.24, 2.45) is 0 Å². The van der Waals surface area contributed by atoms with Gasteiger partial charge in [-0.2, -0.15) is 4.31 Å². The van der Waals surface area contributed by atoms with E-state index in [1.165, 1.54) is 16.4 Å². The molecule has 0 amide bonds. The summed E-state index contributed by atoms with van der Waals surface area (Å²) in [6, 6.07) is 5.98. The molecule has 20 heavy (non-hydrogen) atoms. The molecule has 5 nitrogen and oxygen atoms in total. The minimum Gasteiger partial charge on any atom is -0.478 e. The summed E-state index contributed by atoms with van der Waals surface area (Å²) in [7, 11) is -3.47. The van der Waals surface area contributed by atoms with Gasteiger partial charge in [-0.25, -0.2) is 13.2 Å². The van der Waals surface area contributed by atoms with Gasteiger partial charge >= 0.3 is 5.97 Å². The fraction of sp³-hybridized carbons (Fsp3) is 0.357. The number of carboxylic acids is 1. The Morgan fingerprint density at radius 1 is 1.45 bits per heavy atom. The van der Waals surface area contributed by atoms with Crippen molar-refractivity contribution in [3.63, 3.8) is 0 Å². The van der Waals surface area contributed by atoms with Gasteiger partial charge in [-0.05, 0) is 24.1 Å². The van der Waals surface area contributed by atoms with Gasteiger partial charge in [-0.3, -0.25) is 0 Å². The van der Waals surface area contributed by atoms with E-state index in [0.29, 0.717) is 18.5 Å². The first-order valence-electron chi connectivity index (χ1n) is 6.31. The molecule has 0 saturated heterocycles. The van der Waals surface area contributed by atoms with Crippen molar-refractivity contribution in [1.82, 2.24) is 4.31 Å². The molecular formula is C14H19NO4S. The first kappa shape index (κ1) is 16.4. The van der Waals surface area contributed by atoms with Crippen LogP contribution < -0.4 is 0 Å². The van der Waals surface area contributed by atoms with Gasteiger partial charge in [0.2, 0.25) is 10.0 Å². The van der Waals surface area contributed by atoms with Crippen molar-refractivity contribution in [3.05, 3.63) is 48.0 Å². The van der Waals surface area contributed by atoms with Gasteiger partial charge in [0.15, 0.2) is 0 Å². The molecule has 0 saturated carbocycles. The van der Waals surface area contributed by atoms with E-state index in [2.05, 4.69) is 6.58 Å². The van der Waals surface area contributed by atoms with Crippen molar-refractivity contribution in [3.8, 4) is 0 Å². The molecule has 1 aromatic rings. The molecule has 0 heterocycles. The van der Waals surface area contributed by atoms with Crippen LogP contribution in [0.1, 0.15) is 29.3 Å². The number of carbonyl (C=O) groups is 1. The zero-order valence-corrected chi connectivity index (χ0v) is 12.3. The third-order valence-electron chi connectivity index (χ3n) is 2.72. The first-order chi connectivity index (χ1) is 9.40.